The van der Waals surface area contributed by atoms with Crippen LogP contribution >= 0.6 is 11.6 Å². The van der Waals surface area contributed by atoms with Gasteiger partial charge >= 0.3 is 0 Å². The number of aryl methyl sites for hydroxylation is 1. The van der Waals surface area contributed by atoms with E-state index in [9.17, 15) is 5.26 Å². The van der Waals surface area contributed by atoms with Crippen LogP contribution in [-0.4, -0.2) is 18.1 Å². The van der Waals surface area contributed by atoms with Crippen LogP contribution in [-0.2, 0) is 12.8 Å². The van der Waals surface area contributed by atoms with Crippen molar-refractivity contribution in [3.63, 3.8) is 0 Å². The number of halogens is 1. The first-order valence-corrected chi connectivity index (χ1v) is 9.04. The zero-order chi connectivity index (χ0) is 17.1. The van der Waals surface area contributed by atoms with E-state index in [1.54, 1.807) is 0 Å². The average molecular weight is 340 g/mol. The predicted molar refractivity (Wildman–Crippen MR) is 99.6 cm³/mol. The van der Waals surface area contributed by atoms with E-state index in [0.717, 1.165) is 55.0 Å². The third-order valence-corrected chi connectivity index (χ3v) is 5.01. The molecule has 0 amide bonds. The summed E-state index contributed by atoms with van der Waals surface area (Å²) in [6, 6.07) is 10.3. The molecular formula is C20H22ClN3. The highest BCUT2D eigenvalue weighted by molar-refractivity contribution is 6.30. The van der Waals surface area contributed by atoms with Gasteiger partial charge in [-0.2, -0.15) is 5.26 Å². The Morgan fingerprint density at radius 1 is 1.12 bits per heavy atom. The second kappa shape index (κ2) is 7.23. The fourth-order valence-electron chi connectivity index (χ4n) is 3.52. The van der Waals surface area contributed by atoms with E-state index in [2.05, 4.69) is 24.8 Å². The summed E-state index contributed by atoms with van der Waals surface area (Å²) in [5, 5.41) is 10.6. The van der Waals surface area contributed by atoms with Gasteiger partial charge in [0.25, 0.3) is 0 Å². The Morgan fingerprint density at radius 3 is 2.42 bits per heavy atom. The number of rotatable bonds is 4. The lowest BCUT2D eigenvalue weighted by Gasteiger charge is -2.27. The van der Waals surface area contributed by atoms with E-state index in [-0.39, 0.29) is 0 Å². The van der Waals surface area contributed by atoms with Gasteiger partial charge in [-0.3, -0.25) is 0 Å². The lowest BCUT2D eigenvalue weighted by Crippen LogP contribution is -2.26. The number of hydrogen-bond donors (Lipinski definition) is 0. The highest BCUT2D eigenvalue weighted by atomic mass is 35.5. The molecule has 3 nitrogen and oxygen atoms in total. The summed E-state index contributed by atoms with van der Waals surface area (Å²) in [6.07, 6.45) is 4.32. The molecule has 0 fully saturated rings. The standard InChI is InChI=1S/C20H22ClN3/c1-3-24(4-2)20-17(13-22)19(14-9-11-15(21)12-10-14)16-7-5-6-8-18(16)23-20/h9-12H,3-8H2,1-2H3. The smallest absolute Gasteiger partial charge is 0.147 e. The van der Waals surface area contributed by atoms with E-state index in [0.29, 0.717) is 10.6 Å². The van der Waals surface area contributed by atoms with Gasteiger partial charge in [0.1, 0.15) is 17.5 Å². The molecule has 0 aliphatic heterocycles. The molecule has 1 heterocycles. The number of nitriles is 1. The maximum atomic E-state index is 9.91. The van der Waals surface area contributed by atoms with Crippen molar-refractivity contribution in [2.75, 3.05) is 18.0 Å². The summed E-state index contributed by atoms with van der Waals surface area (Å²) >= 11 is 6.06. The molecule has 0 N–H and O–H groups in total. The maximum Gasteiger partial charge on any atom is 0.147 e. The van der Waals surface area contributed by atoms with Gasteiger partial charge in [0, 0.05) is 29.4 Å². The van der Waals surface area contributed by atoms with Gasteiger partial charge < -0.3 is 4.90 Å². The Balaban J connectivity index is 2.30. The Labute approximate surface area is 148 Å². The second-order valence-electron chi connectivity index (χ2n) is 6.11. The Bertz CT molecular complexity index is 771. The summed E-state index contributed by atoms with van der Waals surface area (Å²) in [4.78, 5) is 7.08. The molecular weight excluding hydrogens is 318 g/mol. The first-order chi connectivity index (χ1) is 11.7. The van der Waals surface area contributed by atoms with E-state index in [1.807, 2.05) is 24.3 Å². The fourth-order valence-corrected chi connectivity index (χ4v) is 3.65. The molecule has 3 rings (SSSR count). The fraction of sp³-hybridized carbons (Fsp3) is 0.400. The summed E-state index contributed by atoms with van der Waals surface area (Å²) in [5.41, 5.74) is 5.22. The molecule has 0 saturated carbocycles. The quantitative estimate of drug-likeness (QED) is 0.787. The molecule has 0 saturated heterocycles. The first-order valence-electron chi connectivity index (χ1n) is 8.66. The molecule has 124 valence electrons. The third-order valence-electron chi connectivity index (χ3n) is 4.76. The number of anilines is 1. The van der Waals surface area contributed by atoms with Gasteiger partial charge in [-0.05, 0) is 62.8 Å². The van der Waals surface area contributed by atoms with Crippen LogP contribution in [0.15, 0.2) is 24.3 Å². The molecule has 1 aromatic carbocycles. The number of hydrogen-bond acceptors (Lipinski definition) is 3. The third kappa shape index (κ3) is 2.99. The molecule has 1 aromatic heterocycles. The average Bonchev–Trinajstić information content (AvgIpc) is 2.62. The monoisotopic (exact) mass is 339 g/mol. The van der Waals surface area contributed by atoms with Crippen molar-refractivity contribution in [2.45, 2.75) is 39.5 Å². The molecule has 24 heavy (non-hydrogen) atoms. The minimum Gasteiger partial charge on any atom is -0.356 e. The minimum atomic E-state index is 0.696. The van der Waals surface area contributed by atoms with Crippen LogP contribution in [0.4, 0.5) is 5.82 Å². The van der Waals surface area contributed by atoms with Crippen molar-refractivity contribution in [2.24, 2.45) is 0 Å². The van der Waals surface area contributed by atoms with E-state index < -0.39 is 0 Å². The summed E-state index contributed by atoms with van der Waals surface area (Å²) in [6.45, 7) is 5.90. The van der Waals surface area contributed by atoms with Crippen molar-refractivity contribution < 1.29 is 0 Å². The number of aromatic nitrogens is 1. The minimum absolute atomic E-state index is 0.696. The van der Waals surface area contributed by atoms with Gasteiger partial charge in [-0.25, -0.2) is 4.98 Å². The summed E-state index contributed by atoms with van der Waals surface area (Å²) in [7, 11) is 0. The van der Waals surface area contributed by atoms with Crippen LogP contribution in [0.2, 0.25) is 5.02 Å². The topological polar surface area (TPSA) is 39.9 Å². The van der Waals surface area contributed by atoms with Crippen molar-refractivity contribution >= 4 is 17.4 Å². The Hall–Kier alpha value is -2.05. The van der Waals surface area contributed by atoms with E-state index in [4.69, 9.17) is 16.6 Å². The van der Waals surface area contributed by atoms with Crippen molar-refractivity contribution in [1.82, 2.24) is 4.98 Å². The lowest BCUT2D eigenvalue weighted by atomic mass is 9.86. The number of pyridine rings is 1. The molecule has 0 radical (unpaired) electrons. The molecule has 0 atom stereocenters. The zero-order valence-electron chi connectivity index (χ0n) is 14.3. The molecule has 0 bridgehead atoms. The van der Waals surface area contributed by atoms with Crippen LogP contribution in [0.5, 0.6) is 0 Å². The molecule has 4 heteroatoms. The highest BCUT2D eigenvalue weighted by Crippen LogP contribution is 2.38. The van der Waals surface area contributed by atoms with Gasteiger partial charge in [0.15, 0.2) is 0 Å². The Kier molecular flexibility index (Phi) is 5.06. The van der Waals surface area contributed by atoms with E-state index in [1.165, 1.54) is 12.0 Å². The molecule has 2 aromatic rings. The van der Waals surface area contributed by atoms with Gasteiger partial charge in [0.2, 0.25) is 0 Å². The van der Waals surface area contributed by atoms with Crippen molar-refractivity contribution in [3.8, 4) is 17.2 Å². The van der Waals surface area contributed by atoms with Crippen LogP contribution in [0.25, 0.3) is 11.1 Å². The number of nitrogens with zero attached hydrogens (tertiary/aromatic N) is 3. The van der Waals surface area contributed by atoms with Crippen LogP contribution in [0.1, 0.15) is 43.5 Å². The van der Waals surface area contributed by atoms with Crippen molar-refractivity contribution in [1.29, 1.82) is 5.26 Å². The largest absolute Gasteiger partial charge is 0.356 e. The first kappa shape index (κ1) is 16.8. The van der Waals surface area contributed by atoms with Gasteiger partial charge in [-0.1, -0.05) is 23.7 Å². The van der Waals surface area contributed by atoms with Crippen LogP contribution in [0.3, 0.4) is 0 Å². The lowest BCUT2D eigenvalue weighted by molar-refractivity contribution is 0.666. The normalized spacial score (nSPS) is 13.2. The number of benzene rings is 1. The second-order valence-corrected chi connectivity index (χ2v) is 6.55. The molecule has 0 spiro atoms. The number of fused-ring (bicyclic) bond motifs is 1. The zero-order valence-corrected chi connectivity index (χ0v) is 15.0. The molecule has 1 aliphatic rings. The Morgan fingerprint density at radius 2 is 1.79 bits per heavy atom. The molecule has 1 aliphatic carbocycles. The van der Waals surface area contributed by atoms with Gasteiger partial charge in [0.05, 0.1) is 0 Å². The SMILES string of the molecule is CCN(CC)c1nc2c(c(-c3ccc(Cl)cc3)c1C#N)CCCC2. The summed E-state index contributed by atoms with van der Waals surface area (Å²) in [5.74, 6) is 0.827. The van der Waals surface area contributed by atoms with Crippen LogP contribution in [0, 0.1) is 11.3 Å². The van der Waals surface area contributed by atoms with E-state index >= 15 is 0 Å². The van der Waals surface area contributed by atoms with Crippen LogP contribution < -0.4 is 4.90 Å². The summed E-state index contributed by atoms with van der Waals surface area (Å²) < 4.78 is 0. The predicted octanol–water partition coefficient (Wildman–Crippen LogP) is 5.00. The maximum absolute atomic E-state index is 9.91. The highest BCUT2D eigenvalue weighted by Gasteiger charge is 2.24. The van der Waals surface area contributed by atoms with Gasteiger partial charge in [-0.15, -0.1) is 0 Å². The van der Waals surface area contributed by atoms with Crippen molar-refractivity contribution in [3.05, 3.63) is 46.1 Å². The molecule has 0 unspecified atom stereocenters.